The molecule has 7 heteroatoms. The number of nitrogens with zero attached hydrogens (tertiary/aromatic N) is 5. The molecule has 0 saturated carbocycles. The fourth-order valence-corrected chi connectivity index (χ4v) is 3.02. The van der Waals surface area contributed by atoms with E-state index in [2.05, 4.69) is 20.6 Å². The quantitative estimate of drug-likeness (QED) is 0.764. The third-order valence-corrected chi connectivity index (χ3v) is 4.06. The number of rotatable bonds is 2. The zero-order chi connectivity index (χ0) is 14.8. The van der Waals surface area contributed by atoms with Gasteiger partial charge in [0, 0.05) is 31.6 Å². The highest BCUT2D eigenvalue weighted by molar-refractivity contribution is 7.08. The lowest BCUT2D eigenvalue weighted by atomic mass is 9.91. The van der Waals surface area contributed by atoms with Crippen LogP contribution in [0.4, 0.5) is 0 Å². The van der Waals surface area contributed by atoms with Gasteiger partial charge in [0.05, 0.1) is 18.3 Å². The summed E-state index contributed by atoms with van der Waals surface area (Å²) in [5.74, 6) is 0.0153. The minimum Gasteiger partial charge on any atom is -0.335 e. The Labute approximate surface area is 123 Å². The number of nitriles is 1. The van der Waals surface area contributed by atoms with Crippen LogP contribution in [0.1, 0.15) is 36.1 Å². The monoisotopic (exact) mass is 293 g/mol. The van der Waals surface area contributed by atoms with Crippen molar-refractivity contribution in [1.82, 2.24) is 19.4 Å². The number of aromatic nitrogens is 2. The summed E-state index contributed by atoms with van der Waals surface area (Å²) in [7, 11) is 0. The maximum Gasteiger partial charge on any atom is 0.267 e. The number of carbonyl (C=O) groups is 1. The third kappa shape index (κ3) is 3.14. The standard InChI is InChI=1S/C13H19N5OS/c1-13(2,3)11-10(20-16-15-11)12(19)18-8-6-17(5-4-14)7-9-18/h5-9H2,1-3H3. The lowest BCUT2D eigenvalue weighted by Crippen LogP contribution is -2.48. The van der Waals surface area contributed by atoms with Gasteiger partial charge in [-0.2, -0.15) is 5.26 Å². The first-order chi connectivity index (χ1) is 9.43. The number of hydrogen-bond acceptors (Lipinski definition) is 6. The van der Waals surface area contributed by atoms with Crippen LogP contribution in [-0.2, 0) is 5.41 Å². The summed E-state index contributed by atoms with van der Waals surface area (Å²) in [5.41, 5.74) is 0.590. The first-order valence-corrected chi connectivity index (χ1v) is 7.42. The highest BCUT2D eigenvalue weighted by atomic mass is 32.1. The van der Waals surface area contributed by atoms with Crippen molar-refractivity contribution < 1.29 is 4.79 Å². The van der Waals surface area contributed by atoms with E-state index in [9.17, 15) is 4.79 Å². The second-order valence-electron chi connectivity index (χ2n) is 5.93. The van der Waals surface area contributed by atoms with Crippen molar-refractivity contribution in [3.63, 3.8) is 0 Å². The molecule has 1 saturated heterocycles. The summed E-state index contributed by atoms with van der Waals surface area (Å²) in [6.07, 6.45) is 0. The van der Waals surface area contributed by atoms with E-state index in [0.717, 1.165) is 18.8 Å². The molecule has 0 atom stereocenters. The summed E-state index contributed by atoms with van der Waals surface area (Å²) < 4.78 is 3.94. The Bertz CT molecular complexity index is 520. The second-order valence-corrected chi connectivity index (χ2v) is 6.68. The zero-order valence-electron chi connectivity index (χ0n) is 12.1. The van der Waals surface area contributed by atoms with Gasteiger partial charge in [0.15, 0.2) is 0 Å². The highest BCUT2D eigenvalue weighted by Crippen LogP contribution is 2.27. The Kier molecular flexibility index (Phi) is 4.35. The largest absolute Gasteiger partial charge is 0.335 e. The van der Waals surface area contributed by atoms with Crippen LogP contribution in [0.15, 0.2) is 0 Å². The SMILES string of the molecule is CC(C)(C)c1nnsc1C(=O)N1CCN(CC#N)CC1. The van der Waals surface area contributed by atoms with E-state index in [1.165, 1.54) is 11.5 Å². The van der Waals surface area contributed by atoms with Crippen molar-refractivity contribution in [2.45, 2.75) is 26.2 Å². The summed E-state index contributed by atoms with van der Waals surface area (Å²) in [6.45, 7) is 9.33. The van der Waals surface area contributed by atoms with E-state index in [4.69, 9.17) is 5.26 Å². The van der Waals surface area contributed by atoms with Crippen LogP contribution >= 0.6 is 11.5 Å². The minimum atomic E-state index is -0.180. The Hall–Kier alpha value is -1.52. The molecular formula is C13H19N5OS. The van der Waals surface area contributed by atoms with Crippen molar-refractivity contribution in [3.8, 4) is 6.07 Å². The summed E-state index contributed by atoms with van der Waals surface area (Å²) in [6, 6.07) is 2.14. The number of hydrogen-bond donors (Lipinski definition) is 0. The van der Waals surface area contributed by atoms with Crippen LogP contribution in [0.5, 0.6) is 0 Å². The van der Waals surface area contributed by atoms with Crippen molar-refractivity contribution in [2.24, 2.45) is 0 Å². The van der Waals surface area contributed by atoms with Gasteiger partial charge in [0.2, 0.25) is 0 Å². The number of piperazine rings is 1. The van der Waals surface area contributed by atoms with Gasteiger partial charge in [-0.15, -0.1) is 5.10 Å². The van der Waals surface area contributed by atoms with Gasteiger partial charge in [0.1, 0.15) is 4.88 Å². The van der Waals surface area contributed by atoms with Crippen molar-refractivity contribution in [1.29, 1.82) is 5.26 Å². The molecule has 6 nitrogen and oxygen atoms in total. The van der Waals surface area contributed by atoms with E-state index >= 15 is 0 Å². The van der Waals surface area contributed by atoms with Crippen molar-refractivity contribution >= 4 is 17.4 Å². The molecule has 0 N–H and O–H groups in total. The lowest BCUT2D eigenvalue weighted by Gasteiger charge is -2.33. The van der Waals surface area contributed by atoms with E-state index < -0.39 is 0 Å². The molecular weight excluding hydrogens is 274 g/mol. The molecule has 2 rings (SSSR count). The summed E-state index contributed by atoms with van der Waals surface area (Å²) in [5, 5.41) is 12.8. The third-order valence-electron chi connectivity index (χ3n) is 3.35. The minimum absolute atomic E-state index is 0.0153. The predicted molar refractivity (Wildman–Crippen MR) is 76.6 cm³/mol. The average Bonchev–Trinajstić information content (AvgIpc) is 2.88. The molecule has 0 spiro atoms. The van der Waals surface area contributed by atoms with Gasteiger partial charge in [-0.25, -0.2) is 0 Å². The topological polar surface area (TPSA) is 73.1 Å². The van der Waals surface area contributed by atoms with E-state index in [1.807, 2.05) is 25.7 Å². The second kappa shape index (κ2) is 5.85. The molecule has 2 heterocycles. The maximum absolute atomic E-state index is 12.6. The molecule has 1 aromatic rings. The molecule has 0 aliphatic carbocycles. The first-order valence-electron chi connectivity index (χ1n) is 6.65. The van der Waals surface area contributed by atoms with Crippen LogP contribution in [-0.4, -0.2) is 58.0 Å². The van der Waals surface area contributed by atoms with Crippen molar-refractivity contribution in [2.75, 3.05) is 32.7 Å². The van der Waals surface area contributed by atoms with Crippen LogP contribution in [0.3, 0.4) is 0 Å². The summed E-state index contributed by atoms with van der Waals surface area (Å²) >= 11 is 1.17. The summed E-state index contributed by atoms with van der Waals surface area (Å²) in [4.78, 5) is 17.1. The molecule has 0 aromatic carbocycles. The Balaban J connectivity index is 2.07. The molecule has 1 aromatic heterocycles. The smallest absolute Gasteiger partial charge is 0.267 e. The van der Waals surface area contributed by atoms with Gasteiger partial charge in [-0.1, -0.05) is 25.3 Å². The first kappa shape index (κ1) is 14.9. The van der Waals surface area contributed by atoms with Gasteiger partial charge < -0.3 is 4.90 Å². The molecule has 1 fully saturated rings. The molecule has 1 aliphatic rings. The predicted octanol–water partition coefficient (Wildman–Crippen LogP) is 1.12. The van der Waals surface area contributed by atoms with Crippen LogP contribution in [0.2, 0.25) is 0 Å². The van der Waals surface area contributed by atoms with E-state index in [-0.39, 0.29) is 11.3 Å². The fourth-order valence-electron chi connectivity index (χ4n) is 2.17. The molecule has 108 valence electrons. The number of carbonyl (C=O) groups excluding carboxylic acids is 1. The van der Waals surface area contributed by atoms with Crippen LogP contribution in [0, 0.1) is 11.3 Å². The normalized spacial score (nSPS) is 17.0. The number of amides is 1. The molecule has 0 bridgehead atoms. The zero-order valence-corrected chi connectivity index (χ0v) is 12.9. The molecule has 0 radical (unpaired) electrons. The molecule has 20 heavy (non-hydrogen) atoms. The van der Waals surface area contributed by atoms with Gasteiger partial charge in [-0.3, -0.25) is 9.69 Å². The van der Waals surface area contributed by atoms with E-state index in [1.54, 1.807) is 0 Å². The average molecular weight is 293 g/mol. The van der Waals surface area contributed by atoms with Crippen LogP contribution < -0.4 is 0 Å². The van der Waals surface area contributed by atoms with Gasteiger partial charge in [0.25, 0.3) is 5.91 Å². The lowest BCUT2D eigenvalue weighted by molar-refractivity contribution is 0.0654. The Morgan fingerprint density at radius 2 is 2.00 bits per heavy atom. The van der Waals surface area contributed by atoms with Crippen LogP contribution in [0.25, 0.3) is 0 Å². The van der Waals surface area contributed by atoms with Gasteiger partial charge in [-0.05, 0) is 11.5 Å². The molecule has 1 aliphatic heterocycles. The Morgan fingerprint density at radius 3 is 2.55 bits per heavy atom. The van der Waals surface area contributed by atoms with E-state index in [0.29, 0.717) is 24.5 Å². The Morgan fingerprint density at radius 1 is 1.35 bits per heavy atom. The maximum atomic E-state index is 12.6. The molecule has 1 amide bonds. The van der Waals surface area contributed by atoms with Gasteiger partial charge >= 0.3 is 0 Å². The fraction of sp³-hybridized carbons (Fsp3) is 0.692. The highest BCUT2D eigenvalue weighted by Gasteiger charge is 2.30. The van der Waals surface area contributed by atoms with Crippen molar-refractivity contribution in [3.05, 3.63) is 10.6 Å². The molecule has 0 unspecified atom stereocenters.